The third kappa shape index (κ3) is 3.08. The number of carbonyl (C=O) groups is 1. The SMILES string of the molecule is Cc1ccccc1OCC(=O)N1CCC(C)(O)c2ccccc21. The predicted molar refractivity (Wildman–Crippen MR) is 89.7 cm³/mol. The van der Waals surface area contributed by atoms with Crippen molar-refractivity contribution in [3.8, 4) is 5.75 Å². The number of amides is 1. The topological polar surface area (TPSA) is 49.8 Å². The maximum Gasteiger partial charge on any atom is 0.264 e. The van der Waals surface area contributed by atoms with Gasteiger partial charge in [0, 0.05) is 17.8 Å². The van der Waals surface area contributed by atoms with Crippen LogP contribution in [0.1, 0.15) is 24.5 Å². The molecular formula is C19H21NO3. The standard InChI is InChI=1S/C19H21NO3/c1-14-7-3-6-10-17(14)23-13-18(21)20-12-11-19(2,22)15-8-4-5-9-16(15)20/h3-10,22H,11-13H2,1-2H3. The first-order valence-corrected chi connectivity index (χ1v) is 7.80. The van der Waals surface area contributed by atoms with E-state index in [2.05, 4.69) is 0 Å². The van der Waals surface area contributed by atoms with Gasteiger partial charge in [0.05, 0.1) is 5.60 Å². The summed E-state index contributed by atoms with van der Waals surface area (Å²) in [5.74, 6) is 0.620. The molecule has 1 heterocycles. The van der Waals surface area contributed by atoms with Crippen molar-refractivity contribution in [3.63, 3.8) is 0 Å². The zero-order valence-corrected chi connectivity index (χ0v) is 13.5. The normalized spacial score (nSPS) is 20.0. The molecule has 4 nitrogen and oxygen atoms in total. The fourth-order valence-electron chi connectivity index (χ4n) is 2.94. The predicted octanol–water partition coefficient (Wildman–Crippen LogP) is 3.02. The summed E-state index contributed by atoms with van der Waals surface area (Å²) >= 11 is 0. The molecule has 0 bridgehead atoms. The highest BCUT2D eigenvalue weighted by Crippen LogP contribution is 2.37. The van der Waals surface area contributed by atoms with Crippen LogP contribution in [0.5, 0.6) is 5.75 Å². The number of carbonyl (C=O) groups excluding carboxylic acids is 1. The lowest BCUT2D eigenvalue weighted by molar-refractivity contribution is -0.121. The number of anilines is 1. The van der Waals surface area contributed by atoms with Gasteiger partial charge < -0.3 is 14.7 Å². The number of benzene rings is 2. The van der Waals surface area contributed by atoms with Crippen LogP contribution in [-0.4, -0.2) is 24.2 Å². The fourth-order valence-corrected chi connectivity index (χ4v) is 2.94. The van der Waals surface area contributed by atoms with Crippen molar-refractivity contribution in [3.05, 3.63) is 59.7 Å². The van der Waals surface area contributed by atoms with E-state index >= 15 is 0 Å². The number of aryl methyl sites for hydroxylation is 1. The van der Waals surface area contributed by atoms with Crippen molar-refractivity contribution in [2.45, 2.75) is 25.9 Å². The first-order valence-electron chi connectivity index (χ1n) is 7.80. The van der Waals surface area contributed by atoms with Gasteiger partial charge in [-0.05, 0) is 38.0 Å². The number of nitrogens with zero attached hydrogens (tertiary/aromatic N) is 1. The molecule has 23 heavy (non-hydrogen) atoms. The third-order valence-corrected chi connectivity index (χ3v) is 4.34. The van der Waals surface area contributed by atoms with Crippen LogP contribution in [0.3, 0.4) is 0 Å². The number of rotatable bonds is 3. The van der Waals surface area contributed by atoms with Crippen LogP contribution in [0.15, 0.2) is 48.5 Å². The van der Waals surface area contributed by atoms with Crippen LogP contribution >= 0.6 is 0 Å². The van der Waals surface area contributed by atoms with E-state index in [1.165, 1.54) is 0 Å². The van der Waals surface area contributed by atoms with Gasteiger partial charge >= 0.3 is 0 Å². The van der Waals surface area contributed by atoms with E-state index in [0.29, 0.717) is 13.0 Å². The Labute approximate surface area is 136 Å². The zero-order chi connectivity index (χ0) is 16.4. The Morgan fingerprint density at radius 3 is 2.70 bits per heavy atom. The van der Waals surface area contributed by atoms with E-state index < -0.39 is 5.60 Å². The van der Waals surface area contributed by atoms with E-state index in [1.807, 2.05) is 55.5 Å². The molecule has 0 saturated carbocycles. The highest BCUT2D eigenvalue weighted by molar-refractivity contribution is 5.95. The van der Waals surface area contributed by atoms with Crippen LogP contribution in [-0.2, 0) is 10.4 Å². The van der Waals surface area contributed by atoms with Crippen molar-refractivity contribution >= 4 is 11.6 Å². The number of ether oxygens (including phenoxy) is 1. The van der Waals surface area contributed by atoms with E-state index in [0.717, 1.165) is 22.6 Å². The summed E-state index contributed by atoms with van der Waals surface area (Å²) in [6, 6.07) is 15.1. The average Bonchev–Trinajstić information content (AvgIpc) is 2.54. The molecule has 3 rings (SSSR count). The Hall–Kier alpha value is -2.33. The van der Waals surface area contributed by atoms with Gasteiger partial charge in [-0.2, -0.15) is 0 Å². The van der Waals surface area contributed by atoms with Crippen molar-refractivity contribution < 1.29 is 14.6 Å². The highest BCUT2D eigenvalue weighted by atomic mass is 16.5. The smallest absolute Gasteiger partial charge is 0.264 e. The average molecular weight is 311 g/mol. The Morgan fingerprint density at radius 1 is 1.22 bits per heavy atom. The molecule has 0 radical (unpaired) electrons. The summed E-state index contributed by atoms with van der Waals surface area (Å²) in [5, 5.41) is 10.5. The van der Waals surface area contributed by atoms with Crippen molar-refractivity contribution in [2.24, 2.45) is 0 Å². The minimum atomic E-state index is -0.899. The van der Waals surface area contributed by atoms with Crippen molar-refractivity contribution in [1.82, 2.24) is 0 Å². The van der Waals surface area contributed by atoms with Gasteiger partial charge in [0.15, 0.2) is 6.61 Å². The second-order valence-corrected chi connectivity index (χ2v) is 6.14. The monoisotopic (exact) mass is 311 g/mol. The zero-order valence-electron chi connectivity index (χ0n) is 13.5. The molecule has 2 aromatic rings. The number of hydrogen-bond acceptors (Lipinski definition) is 3. The molecule has 4 heteroatoms. The largest absolute Gasteiger partial charge is 0.483 e. The molecule has 1 atom stereocenters. The summed E-state index contributed by atoms with van der Waals surface area (Å²) < 4.78 is 5.67. The van der Waals surface area contributed by atoms with Crippen LogP contribution in [0.25, 0.3) is 0 Å². The molecule has 1 amide bonds. The van der Waals surface area contributed by atoms with Gasteiger partial charge in [-0.25, -0.2) is 0 Å². The quantitative estimate of drug-likeness (QED) is 0.948. The molecule has 1 unspecified atom stereocenters. The van der Waals surface area contributed by atoms with Crippen LogP contribution in [0.4, 0.5) is 5.69 Å². The third-order valence-electron chi connectivity index (χ3n) is 4.34. The first-order chi connectivity index (χ1) is 11.0. The Bertz CT molecular complexity index is 724. The number of aliphatic hydroxyl groups is 1. The highest BCUT2D eigenvalue weighted by Gasteiger charge is 2.35. The van der Waals surface area contributed by atoms with Gasteiger partial charge in [0.2, 0.25) is 0 Å². The Kier molecular flexibility index (Phi) is 4.09. The molecule has 0 fully saturated rings. The van der Waals surface area contributed by atoms with E-state index in [9.17, 15) is 9.90 Å². The molecule has 0 saturated heterocycles. The number of fused-ring (bicyclic) bond motifs is 1. The summed E-state index contributed by atoms with van der Waals surface area (Å²) in [6.45, 7) is 4.21. The molecule has 1 N–H and O–H groups in total. The number of hydrogen-bond donors (Lipinski definition) is 1. The van der Waals surface area contributed by atoms with Crippen LogP contribution in [0, 0.1) is 6.92 Å². The lowest BCUT2D eigenvalue weighted by Gasteiger charge is -2.37. The second-order valence-electron chi connectivity index (χ2n) is 6.14. The van der Waals surface area contributed by atoms with Gasteiger partial charge in [0.25, 0.3) is 5.91 Å². The summed E-state index contributed by atoms with van der Waals surface area (Å²) in [6.07, 6.45) is 0.514. The number of para-hydroxylation sites is 2. The van der Waals surface area contributed by atoms with Crippen molar-refractivity contribution in [1.29, 1.82) is 0 Å². The van der Waals surface area contributed by atoms with Gasteiger partial charge in [-0.1, -0.05) is 36.4 Å². The van der Waals surface area contributed by atoms with E-state index in [1.54, 1.807) is 11.8 Å². The molecular weight excluding hydrogens is 290 g/mol. The fraction of sp³-hybridized carbons (Fsp3) is 0.316. The summed E-state index contributed by atoms with van der Waals surface area (Å²) in [7, 11) is 0. The minimum absolute atomic E-state index is 0.0126. The Balaban J connectivity index is 1.77. The van der Waals surface area contributed by atoms with Gasteiger partial charge in [-0.3, -0.25) is 4.79 Å². The van der Waals surface area contributed by atoms with Crippen LogP contribution < -0.4 is 9.64 Å². The van der Waals surface area contributed by atoms with Crippen molar-refractivity contribution in [2.75, 3.05) is 18.1 Å². The second kappa shape index (κ2) is 6.05. The minimum Gasteiger partial charge on any atom is -0.483 e. The first kappa shape index (κ1) is 15.6. The summed E-state index contributed by atoms with van der Waals surface area (Å²) in [5.41, 5.74) is 1.66. The van der Waals surface area contributed by atoms with E-state index in [-0.39, 0.29) is 12.5 Å². The lowest BCUT2D eigenvalue weighted by Crippen LogP contribution is -2.44. The summed E-state index contributed by atoms with van der Waals surface area (Å²) in [4.78, 5) is 14.3. The molecule has 0 spiro atoms. The maximum absolute atomic E-state index is 12.6. The molecule has 2 aromatic carbocycles. The maximum atomic E-state index is 12.6. The molecule has 0 aliphatic carbocycles. The lowest BCUT2D eigenvalue weighted by atomic mass is 9.87. The molecule has 0 aromatic heterocycles. The molecule has 1 aliphatic heterocycles. The van der Waals surface area contributed by atoms with Gasteiger partial charge in [-0.15, -0.1) is 0 Å². The van der Waals surface area contributed by atoms with E-state index in [4.69, 9.17) is 4.74 Å². The molecule has 1 aliphatic rings. The van der Waals surface area contributed by atoms with Gasteiger partial charge in [0.1, 0.15) is 5.75 Å². The van der Waals surface area contributed by atoms with Crippen LogP contribution in [0.2, 0.25) is 0 Å². The Morgan fingerprint density at radius 2 is 1.91 bits per heavy atom. The molecule has 120 valence electrons.